The minimum Gasteiger partial charge on any atom is -0.444 e. The first kappa shape index (κ1) is 23.3. The first-order valence-corrected chi connectivity index (χ1v) is 11.3. The number of β-amino-alcohol motifs (C(OH)–C–C–N with tert-alkyl or cyclic N) is 1. The van der Waals surface area contributed by atoms with Crippen LogP contribution in [-0.4, -0.2) is 102 Å². The summed E-state index contributed by atoms with van der Waals surface area (Å²) in [6.07, 6.45) is 3.43. The summed E-state index contributed by atoms with van der Waals surface area (Å²) in [5.41, 5.74) is -0.403. The van der Waals surface area contributed by atoms with E-state index in [0.29, 0.717) is 32.8 Å². The van der Waals surface area contributed by atoms with E-state index in [4.69, 9.17) is 9.47 Å². The second kappa shape index (κ2) is 9.01. The van der Waals surface area contributed by atoms with Crippen LogP contribution >= 0.6 is 0 Å². The molecule has 0 unspecified atom stereocenters. The molecule has 1 spiro atoms. The van der Waals surface area contributed by atoms with E-state index in [1.54, 1.807) is 14.0 Å². The Bertz CT molecular complexity index is 631. The van der Waals surface area contributed by atoms with Crippen LogP contribution in [0.1, 0.15) is 53.4 Å². The molecule has 8 nitrogen and oxygen atoms in total. The molecule has 2 amide bonds. The third-order valence-corrected chi connectivity index (χ3v) is 6.89. The van der Waals surface area contributed by atoms with Gasteiger partial charge < -0.3 is 19.5 Å². The van der Waals surface area contributed by atoms with Gasteiger partial charge >= 0.3 is 6.09 Å². The molecule has 1 aliphatic carbocycles. The molecule has 0 aromatic heterocycles. The number of piperazine rings is 1. The van der Waals surface area contributed by atoms with Gasteiger partial charge in [-0.3, -0.25) is 14.6 Å². The fourth-order valence-corrected chi connectivity index (χ4v) is 4.71. The van der Waals surface area contributed by atoms with Crippen LogP contribution in [0.5, 0.6) is 0 Å². The van der Waals surface area contributed by atoms with E-state index in [1.807, 2.05) is 25.7 Å². The van der Waals surface area contributed by atoms with Gasteiger partial charge in [-0.05, 0) is 65.3 Å². The Morgan fingerprint density at radius 2 is 1.93 bits per heavy atom. The van der Waals surface area contributed by atoms with Gasteiger partial charge in [0.05, 0.1) is 12.7 Å². The van der Waals surface area contributed by atoms with Crippen molar-refractivity contribution < 1.29 is 24.2 Å². The average molecular weight is 426 g/mol. The Hall–Kier alpha value is -1.38. The Morgan fingerprint density at radius 3 is 2.50 bits per heavy atom. The van der Waals surface area contributed by atoms with Crippen molar-refractivity contribution in [2.24, 2.45) is 5.41 Å². The van der Waals surface area contributed by atoms with Gasteiger partial charge in [0, 0.05) is 39.3 Å². The molecule has 1 saturated carbocycles. The number of amides is 2. The number of methoxy groups -OCH3 is 1. The lowest BCUT2D eigenvalue weighted by Crippen LogP contribution is -2.59. The number of hydrogen-bond acceptors (Lipinski definition) is 6. The highest BCUT2D eigenvalue weighted by atomic mass is 16.6. The van der Waals surface area contributed by atoms with E-state index in [1.165, 1.54) is 4.90 Å². The van der Waals surface area contributed by atoms with Gasteiger partial charge in [-0.1, -0.05) is 0 Å². The standard InChI is InChI=1S/C22H39N3O5/c1-16-19(27)23(12-13-25(16)20(28)30-21(2,3)4)10-6-17(15-29-5)24-11-9-22(7-8-22)18(26)14-24/h16-18,26H,6-15H2,1-5H3/t16-,17-,18+/m0/s1. The monoisotopic (exact) mass is 425 g/mol. The molecule has 172 valence electrons. The fourth-order valence-electron chi connectivity index (χ4n) is 4.71. The van der Waals surface area contributed by atoms with E-state index in [-0.39, 0.29) is 23.5 Å². The molecule has 8 heteroatoms. The van der Waals surface area contributed by atoms with E-state index >= 15 is 0 Å². The van der Waals surface area contributed by atoms with Crippen LogP contribution in [0.15, 0.2) is 0 Å². The van der Waals surface area contributed by atoms with Crippen molar-refractivity contribution in [1.29, 1.82) is 0 Å². The van der Waals surface area contributed by atoms with Gasteiger partial charge in [0.1, 0.15) is 11.6 Å². The van der Waals surface area contributed by atoms with Gasteiger partial charge in [-0.25, -0.2) is 4.79 Å². The normalized spacial score (nSPS) is 28.0. The number of rotatable bonds is 6. The van der Waals surface area contributed by atoms with Crippen molar-refractivity contribution in [2.45, 2.75) is 77.2 Å². The smallest absolute Gasteiger partial charge is 0.411 e. The lowest BCUT2D eigenvalue weighted by molar-refractivity contribution is -0.141. The van der Waals surface area contributed by atoms with Crippen molar-refractivity contribution in [3.63, 3.8) is 0 Å². The Labute approximate surface area is 180 Å². The van der Waals surface area contributed by atoms with Gasteiger partial charge in [0.25, 0.3) is 0 Å². The van der Waals surface area contributed by atoms with Crippen LogP contribution in [0, 0.1) is 5.41 Å². The minimum absolute atomic E-state index is 0.0427. The number of aliphatic hydroxyl groups excluding tert-OH is 1. The molecular weight excluding hydrogens is 386 g/mol. The second-order valence-corrected chi connectivity index (χ2v) is 10.2. The number of nitrogens with zero attached hydrogens (tertiary/aromatic N) is 3. The third-order valence-electron chi connectivity index (χ3n) is 6.89. The van der Waals surface area contributed by atoms with Crippen LogP contribution < -0.4 is 0 Å². The van der Waals surface area contributed by atoms with E-state index in [9.17, 15) is 14.7 Å². The molecule has 30 heavy (non-hydrogen) atoms. The summed E-state index contributed by atoms with van der Waals surface area (Å²) < 4.78 is 10.9. The molecule has 3 fully saturated rings. The number of carbonyl (C=O) groups excluding carboxylic acids is 2. The lowest BCUT2D eigenvalue weighted by Gasteiger charge is -2.42. The number of likely N-dealkylation sites (tertiary alicyclic amines) is 1. The number of carbonyl (C=O) groups is 2. The van der Waals surface area contributed by atoms with Crippen LogP contribution in [0.25, 0.3) is 0 Å². The number of ether oxygens (including phenoxy) is 2. The number of piperidine rings is 1. The maximum Gasteiger partial charge on any atom is 0.411 e. The van der Waals surface area contributed by atoms with Crippen LogP contribution in [0.2, 0.25) is 0 Å². The van der Waals surface area contributed by atoms with Gasteiger partial charge in [0.2, 0.25) is 5.91 Å². The number of aliphatic hydroxyl groups is 1. The highest BCUT2D eigenvalue weighted by Crippen LogP contribution is 2.53. The van der Waals surface area contributed by atoms with Crippen LogP contribution in [-0.2, 0) is 14.3 Å². The summed E-state index contributed by atoms with van der Waals surface area (Å²) in [5, 5.41) is 10.5. The minimum atomic E-state index is -0.581. The van der Waals surface area contributed by atoms with Gasteiger partial charge in [-0.2, -0.15) is 0 Å². The molecular formula is C22H39N3O5. The SMILES string of the molecule is COC[C@H](CCN1CCN(C(=O)OC(C)(C)C)[C@@H](C)C1=O)N1CCC2(CC2)[C@H](O)C1. The molecule has 2 saturated heterocycles. The maximum atomic E-state index is 12.9. The molecule has 0 bridgehead atoms. The van der Waals surface area contributed by atoms with Gasteiger partial charge in [0.15, 0.2) is 0 Å². The van der Waals surface area contributed by atoms with Crippen molar-refractivity contribution >= 4 is 12.0 Å². The van der Waals surface area contributed by atoms with E-state index in [0.717, 1.165) is 32.2 Å². The molecule has 2 aliphatic heterocycles. The fraction of sp³-hybridized carbons (Fsp3) is 0.909. The summed E-state index contributed by atoms with van der Waals surface area (Å²) in [7, 11) is 1.70. The van der Waals surface area contributed by atoms with Gasteiger partial charge in [-0.15, -0.1) is 0 Å². The molecule has 3 aliphatic rings. The zero-order valence-electron chi connectivity index (χ0n) is 19.2. The molecule has 0 aromatic rings. The molecule has 0 radical (unpaired) electrons. The zero-order valence-corrected chi connectivity index (χ0v) is 19.2. The van der Waals surface area contributed by atoms with E-state index in [2.05, 4.69) is 4.90 Å². The maximum absolute atomic E-state index is 12.9. The van der Waals surface area contributed by atoms with Crippen molar-refractivity contribution in [1.82, 2.24) is 14.7 Å². The highest BCUT2D eigenvalue weighted by Gasteiger charge is 2.51. The first-order valence-electron chi connectivity index (χ1n) is 11.3. The summed E-state index contributed by atoms with van der Waals surface area (Å²) in [6.45, 7) is 11.1. The quantitative estimate of drug-likeness (QED) is 0.698. The van der Waals surface area contributed by atoms with Crippen molar-refractivity contribution in [3.8, 4) is 0 Å². The highest BCUT2D eigenvalue weighted by molar-refractivity contribution is 5.86. The van der Waals surface area contributed by atoms with Crippen LogP contribution in [0.3, 0.4) is 0 Å². The largest absolute Gasteiger partial charge is 0.444 e. The molecule has 1 N–H and O–H groups in total. The van der Waals surface area contributed by atoms with Crippen LogP contribution in [0.4, 0.5) is 4.79 Å². The van der Waals surface area contributed by atoms with Crippen molar-refractivity contribution in [3.05, 3.63) is 0 Å². The Balaban J connectivity index is 1.53. The average Bonchev–Trinajstić information content (AvgIpc) is 3.43. The third kappa shape index (κ3) is 5.26. The lowest BCUT2D eigenvalue weighted by atomic mass is 9.89. The topological polar surface area (TPSA) is 82.6 Å². The summed E-state index contributed by atoms with van der Waals surface area (Å²) in [5.74, 6) is -0.0427. The number of hydrogen-bond donors (Lipinski definition) is 1. The Morgan fingerprint density at radius 1 is 1.23 bits per heavy atom. The second-order valence-electron chi connectivity index (χ2n) is 10.2. The summed E-state index contributed by atoms with van der Waals surface area (Å²) in [4.78, 5) is 31.0. The Kier molecular flexibility index (Phi) is 6.99. The first-order chi connectivity index (χ1) is 14.1. The zero-order chi connectivity index (χ0) is 22.1. The predicted octanol–water partition coefficient (Wildman–Crippen LogP) is 1.71. The van der Waals surface area contributed by atoms with Crippen molar-refractivity contribution in [2.75, 3.05) is 46.4 Å². The summed E-state index contributed by atoms with van der Waals surface area (Å²) in [6, 6.07) is -0.353. The molecule has 2 heterocycles. The predicted molar refractivity (Wildman–Crippen MR) is 113 cm³/mol. The summed E-state index contributed by atoms with van der Waals surface area (Å²) >= 11 is 0. The molecule has 3 rings (SSSR count). The molecule has 0 aromatic carbocycles. The molecule has 3 atom stereocenters. The van der Waals surface area contributed by atoms with E-state index < -0.39 is 17.7 Å².